The first-order valence-corrected chi connectivity index (χ1v) is 4.57. The minimum Gasteiger partial charge on any atom is -0.479 e. The first kappa shape index (κ1) is 38.4. The first-order chi connectivity index (χ1) is 8.93. The van der Waals surface area contributed by atoms with Gasteiger partial charge in [0.2, 0.25) is 0 Å². The van der Waals surface area contributed by atoms with Crippen molar-refractivity contribution in [3.05, 3.63) is 0 Å². The van der Waals surface area contributed by atoms with Crippen molar-refractivity contribution in [2.24, 2.45) is 0 Å². The largest absolute Gasteiger partial charge is 0.479 e. The van der Waals surface area contributed by atoms with Gasteiger partial charge >= 0.3 is 23.9 Å². The molecule has 0 saturated heterocycles. The number of carboxylic acids is 4. The number of aliphatic hydroxyl groups excluding tert-OH is 4. The maximum absolute atomic E-state index is 9.77. The maximum Gasteiger partial charge on any atom is 0.335 e. The third-order valence-electron chi connectivity index (χ3n) is 1.61. The van der Waals surface area contributed by atoms with Gasteiger partial charge in [-0.15, -0.1) is 0 Å². The Morgan fingerprint density at radius 3 is 0.583 bits per heavy atom. The average molecular weight is 521 g/mol. The van der Waals surface area contributed by atoms with Gasteiger partial charge in [0.1, 0.15) is 0 Å². The van der Waals surface area contributed by atoms with Crippen molar-refractivity contribution in [3.8, 4) is 0 Å². The predicted molar refractivity (Wildman–Crippen MR) is 65.4 cm³/mol. The van der Waals surface area contributed by atoms with E-state index >= 15 is 0 Å². The molecule has 4 atom stereocenters. The van der Waals surface area contributed by atoms with Gasteiger partial charge in [-0.2, -0.15) is 0 Å². The van der Waals surface area contributed by atoms with E-state index in [2.05, 4.69) is 0 Å². The Morgan fingerprint density at radius 2 is 0.542 bits per heavy atom. The van der Waals surface area contributed by atoms with Gasteiger partial charge in [0.15, 0.2) is 24.4 Å². The van der Waals surface area contributed by atoms with E-state index < -0.39 is 48.3 Å². The zero-order valence-corrected chi connectivity index (χ0v) is 13.2. The number of rotatable bonds is 6. The second-order valence-electron chi connectivity index (χ2n) is 3.13. The molecular weight excluding hydrogens is 503 g/mol. The van der Waals surface area contributed by atoms with Crippen LogP contribution in [-0.2, 0) is 19.2 Å². The molecule has 0 rings (SSSR count). The van der Waals surface area contributed by atoms with Crippen LogP contribution in [-0.4, -0.2) is 106 Å². The summed E-state index contributed by atoms with van der Waals surface area (Å²) in [4.78, 5) is 39.1. The third kappa shape index (κ3) is 15.7. The van der Waals surface area contributed by atoms with Crippen molar-refractivity contribution in [2.75, 3.05) is 0 Å². The summed E-state index contributed by atoms with van der Waals surface area (Å²) in [5.41, 5.74) is 0. The van der Waals surface area contributed by atoms with Crippen molar-refractivity contribution < 1.29 is 114 Å². The van der Waals surface area contributed by atoms with Gasteiger partial charge in [-0.25, -0.2) is 19.2 Å². The van der Waals surface area contributed by atoms with Gasteiger partial charge in [0, 0.05) is 37.3 Å². The Labute approximate surface area is 161 Å². The Bertz CT molecular complexity index is 312. The molecule has 0 aliphatic carbocycles. The van der Waals surface area contributed by atoms with E-state index in [0.29, 0.717) is 0 Å². The van der Waals surface area contributed by atoms with Crippen LogP contribution in [0.15, 0.2) is 0 Å². The van der Waals surface area contributed by atoms with Crippen molar-refractivity contribution in [2.45, 2.75) is 24.4 Å². The monoisotopic (exact) mass is 520 g/mol. The van der Waals surface area contributed by atoms with Gasteiger partial charge in [-0.3, -0.25) is 0 Å². The summed E-state index contributed by atoms with van der Waals surface area (Å²) in [5, 5.41) is 65.1. The van der Waals surface area contributed by atoms with E-state index in [4.69, 9.17) is 40.9 Å². The van der Waals surface area contributed by atoms with E-state index in [1.807, 2.05) is 0 Å². The molecule has 0 aliphatic rings. The van der Waals surface area contributed by atoms with Crippen molar-refractivity contribution in [1.29, 1.82) is 0 Å². The summed E-state index contributed by atoms with van der Waals surface area (Å²) in [6, 6.07) is 0. The topological polar surface area (TPSA) is 325 Å². The van der Waals surface area contributed by atoms with Crippen LogP contribution in [0.2, 0.25) is 0 Å². The second kappa shape index (κ2) is 18.2. The molecule has 24 heavy (non-hydrogen) atoms. The summed E-state index contributed by atoms with van der Waals surface area (Å²) in [5.74, 6) is -7.07. The van der Waals surface area contributed by atoms with Gasteiger partial charge in [-0.1, -0.05) is 0 Å². The number of hydrogen-bond donors (Lipinski definition) is 8. The second-order valence-corrected chi connectivity index (χ2v) is 3.13. The number of hydrogen-bond acceptors (Lipinski definition) is 8. The molecule has 0 aliphatic heterocycles. The molecule has 16 heteroatoms. The Morgan fingerprint density at radius 1 is 0.458 bits per heavy atom. The molecule has 0 aromatic carbocycles. The smallest absolute Gasteiger partial charge is 0.335 e. The summed E-state index contributed by atoms with van der Waals surface area (Å²) < 4.78 is 0. The zero-order chi connectivity index (χ0) is 16.6. The minimum atomic E-state index is -2.27. The normalized spacial score (nSPS) is 13.2. The van der Waals surface area contributed by atoms with Crippen LogP contribution in [0.1, 0.15) is 0 Å². The number of carbonyl (C=O) groups is 4. The van der Waals surface area contributed by atoms with Crippen molar-refractivity contribution >= 4 is 23.9 Å². The predicted octanol–water partition coefficient (Wildman–Crippen LogP) is -6.72. The molecule has 0 amide bonds. The summed E-state index contributed by atoms with van der Waals surface area (Å²) in [7, 11) is 0. The molecule has 0 saturated carbocycles. The molecule has 4 unspecified atom stereocenters. The van der Waals surface area contributed by atoms with Crippen molar-refractivity contribution in [3.63, 3.8) is 0 Å². The van der Waals surface area contributed by atoms with E-state index in [9.17, 15) is 19.2 Å². The molecule has 0 heterocycles. The third-order valence-corrected chi connectivity index (χ3v) is 1.61. The average Bonchev–Trinajstić information content (AvgIpc) is 2.35. The van der Waals surface area contributed by atoms with Gasteiger partial charge in [0.05, 0.1) is 0 Å². The molecule has 0 radical (unpaired) electrons. The van der Waals surface area contributed by atoms with E-state index in [1.54, 1.807) is 0 Å². The quantitative estimate of drug-likeness (QED) is 0.162. The molecule has 0 fully saturated rings. The van der Waals surface area contributed by atoms with Crippen molar-refractivity contribution in [1.82, 2.24) is 0 Å². The van der Waals surface area contributed by atoms with Crippen LogP contribution >= 0.6 is 0 Å². The van der Waals surface area contributed by atoms with Gasteiger partial charge in [-0.05, 0) is 0 Å². The van der Waals surface area contributed by atoms with Crippen LogP contribution in [0.4, 0.5) is 0 Å². The van der Waals surface area contributed by atoms with Gasteiger partial charge < -0.3 is 57.3 Å². The summed E-state index contributed by atoms with van der Waals surface area (Å²) in [6.07, 6.45) is -9.06. The van der Waals surface area contributed by atoms with E-state index in [-0.39, 0.29) is 53.7 Å². The molecule has 0 spiro atoms. The molecule has 0 bridgehead atoms. The van der Waals surface area contributed by atoms with Crippen LogP contribution in [0.5, 0.6) is 0 Å². The molecule has 14 N–H and O–H groups in total. The molecule has 152 valence electrons. The maximum atomic E-state index is 9.77. The first-order valence-electron chi connectivity index (χ1n) is 4.57. The number of aliphatic carboxylic acids is 4. The fraction of sp³-hybridized carbons (Fsp3) is 0.500. The molecule has 0 aromatic heterocycles. The zero-order valence-electron chi connectivity index (χ0n) is 11.3. The Balaban J connectivity index is -0.0000000579. The standard InChI is InChI=1S/2C4H6O6.Er.3H2O/c2*5-1(3(7)8)2(6)4(9)10;;;;/h2*1-2,5-6H,(H,7,8)(H,9,10);;3*1H2. The number of carboxylic acid groups (broad SMARTS) is 4. The number of aliphatic hydroxyl groups is 4. The minimum absolute atomic E-state index is 0. The van der Waals surface area contributed by atoms with Crippen LogP contribution in [0.3, 0.4) is 0 Å². The Hall–Kier alpha value is -1.15. The summed E-state index contributed by atoms with van der Waals surface area (Å²) >= 11 is 0. The van der Waals surface area contributed by atoms with Crippen LogP contribution in [0.25, 0.3) is 0 Å². The molecule has 0 aromatic rings. The fourth-order valence-electron chi connectivity index (χ4n) is 0.540. The molecule has 15 nitrogen and oxygen atoms in total. The van der Waals surface area contributed by atoms with E-state index in [0.717, 1.165) is 0 Å². The summed E-state index contributed by atoms with van der Waals surface area (Å²) in [6.45, 7) is 0. The molecular formula is C8H18ErO15. The fourth-order valence-corrected chi connectivity index (χ4v) is 0.540. The SMILES string of the molecule is O.O.O.O=C(O)C(O)C(O)C(=O)O.O=C(O)C(O)C(O)C(=O)O.[Er]. The Kier molecular flexibility index (Phi) is 29.1. The van der Waals surface area contributed by atoms with Crippen LogP contribution < -0.4 is 0 Å². The van der Waals surface area contributed by atoms with E-state index in [1.165, 1.54) is 0 Å². The van der Waals surface area contributed by atoms with Gasteiger partial charge in [0.25, 0.3) is 0 Å². The van der Waals surface area contributed by atoms with Crippen LogP contribution in [0, 0.1) is 37.3 Å².